The van der Waals surface area contributed by atoms with Crippen molar-refractivity contribution >= 4 is 5.97 Å². The lowest BCUT2D eigenvalue weighted by atomic mass is 9.84. The Morgan fingerprint density at radius 3 is 2.90 bits per heavy atom. The number of carbonyl (C=O) groups is 1. The number of rotatable bonds is 4. The highest BCUT2D eigenvalue weighted by Gasteiger charge is 2.45. The van der Waals surface area contributed by atoms with Crippen molar-refractivity contribution in [1.29, 1.82) is 0 Å². The molecule has 1 atom stereocenters. The molecule has 0 aliphatic carbocycles. The van der Waals surface area contributed by atoms with Gasteiger partial charge in [0.2, 0.25) is 0 Å². The predicted octanol–water partition coefficient (Wildman–Crippen LogP) is 1.90. The van der Waals surface area contributed by atoms with Crippen LogP contribution in [-0.2, 0) is 15.1 Å². The first kappa shape index (κ1) is 15.9. The van der Waals surface area contributed by atoms with E-state index in [0.29, 0.717) is 12.0 Å². The van der Waals surface area contributed by atoms with Crippen LogP contribution in [0.25, 0.3) is 0 Å². The summed E-state index contributed by atoms with van der Waals surface area (Å²) in [6.07, 6.45) is 1.50. The highest BCUT2D eigenvalue weighted by molar-refractivity contribution is 5.82. The molecule has 21 heavy (non-hydrogen) atoms. The molecule has 0 bridgehead atoms. The Labute approximate surface area is 125 Å². The lowest BCUT2D eigenvalue weighted by Gasteiger charge is -2.41. The summed E-state index contributed by atoms with van der Waals surface area (Å²) >= 11 is 0. The van der Waals surface area contributed by atoms with Crippen LogP contribution in [0.5, 0.6) is 0 Å². The van der Waals surface area contributed by atoms with Crippen molar-refractivity contribution in [1.82, 2.24) is 10.2 Å². The summed E-state index contributed by atoms with van der Waals surface area (Å²) in [5, 5.41) is 3.33. The van der Waals surface area contributed by atoms with Crippen LogP contribution in [0.1, 0.15) is 25.3 Å². The zero-order valence-electron chi connectivity index (χ0n) is 12.7. The zero-order chi connectivity index (χ0) is 15.3. The smallest absolute Gasteiger partial charge is 0.330 e. The molecular formula is C16H23FN2O2. The number of methoxy groups -OCH3 is 1. The molecular weight excluding hydrogens is 271 g/mol. The van der Waals surface area contributed by atoms with Gasteiger partial charge < -0.3 is 10.1 Å². The molecule has 1 aromatic rings. The van der Waals surface area contributed by atoms with Crippen LogP contribution in [-0.4, -0.2) is 44.2 Å². The lowest BCUT2D eigenvalue weighted by Crippen LogP contribution is -2.53. The van der Waals surface area contributed by atoms with Gasteiger partial charge in [0.15, 0.2) is 0 Å². The van der Waals surface area contributed by atoms with Gasteiger partial charge in [0.1, 0.15) is 11.4 Å². The Morgan fingerprint density at radius 1 is 1.43 bits per heavy atom. The third-order valence-electron chi connectivity index (χ3n) is 4.22. The van der Waals surface area contributed by atoms with E-state index in [2.05, 4.69) is 10.2 Å². The molecule has 1 fully saturated rings. The molecule has 0 radical (unpaired) electrons. The molecule has 0 saturated carbocycles. The second-order valence-corrected chi connectivity index (χ2v) is 5.31. The number of nitrogens with zero attached hydrogens (tertiary/aromatic N) is 1. The Bertz CT molecular complexity index is 487. The molecule has 1 saturated heterocycles. The number of esters is 1. The summed E-state index contributed by atoms with van der Waals surface area (Å²) < 4.78 is 18.7. The maximum Gasteiger partial charge on any atom is 0.330 e. The van der Waals surface area contributed by atoms with Crippen LogP contribution >= 0.6 is 0 Å². The highest BCUT2D eigenvalue weighted by Crippen LogP contribution is 2.34. The van der Waals surface area contributed by atoms with Crippen LogP contribution in [0.15, 0.2) is 24.3 Å². The summed E-state index contributed by atoms with van der Waals surface area (Å²) in [7, 11) is 1.39. The maximum absolute atomic E-state index is 13.7. The molecule has 1 N–H and O–H groups in total. The fraction of sp³-hybridized carbons (Fsp3) is 0.562. The molecule has 1 aromatic carbocycles. The summed E-state index contributed by atoms with van der Waals surface area (Å²) in [5.41, 5.74) is -0.248. The fourth-order valence-corrected chi connectivity index (χ4v) is 3.14. The van der Waals surface area contributed by atoms with Crippen LogP contribution < -0.4 is 5.32 Å². The second-order valence-electron chi connectivity index (χ2n) is 5.31. The molecule has 0 spiro atoms. The Kier molecular flexibility index (Phi) is 5.31. The van der Waals surface area contributed by atoms with E-state index in [9.17, 15) is 9.18 Å². The van der Waals surface area contributed by atoms with Crippen LogP contribution in [0.2, 0.25) is 0 Å². The number of carbonyl (C=O) groups excluding carboxylic acids is 1. The van der Waals surface area contributed by atoms with Gasteiger partial charge in [-0.25, -0.2) is 9.18 Å². The first-order valence-corrected chi connectivity index (χ1v) is 7.45. The van der Waals surface area contributed by atoms with Gasteiger partial charge >= 0.3 is 5.97 Å². The van der Waals surface area contributed by atoms with E-state index < -0.39 is 5.54 Å². The minimum absolute atomic E-state index is 0.322. The molecule has 1 aliphatic heterocycles. The number of hydrogen-bond donors (Lipinski definition) is 1. The monoisotopic (exact) mass is 294 g/mol. The zero-order valence-corrected chi connectivity index (χ0v) is 12.7. The largest absolute Gasteiger partial charge is 0.467 e. The Morgan fingerprint density at radius 2 is 2.24 bits per heavy atom. The van der Waals surface area contributed by atoms with Crippen molar-refractivity contribution in [2.45, 2.75) is 25.3 Å². The number of hydrogen-bond acceptors (Lipinski definition) is 4. The maximum atomic E-state index is 13.7. The molecule has 1 heterocycles. The van der Waals surface area contributed by atoms with Gasteiger partial charge in [-0.1, -0.05) is 19.1 Å². The number of ether oxygens (including phenoxy) is 1. The highest BCUT2D eigenvalue weighted by atomic mass is 19.1. The van der Waals surface area contributed by atoms with Gasteiger partial charge in [-0.15, -0.1) is 0 Å². The lowest BCUT2D eigenvalue weighted by molar-refractivity contribution is -0.157. The van der Waals surface area contributed by atoms with Gasteiger partial charge in [0, 0.05) is 19.6 Å². The van der Waals surface area contributed by atoms with E-state index in [1.54, 1.807) is 6.07 Å². The van der Waals surface area contributed by atoms with Gasteiger partial charge in [-0.2, -0.15) is 0 Å². The normalized spacial score (nSPS) is 19.6. The van der Waals surface area contributed by atoms with E-state index >= 15 is 0 Å². The molecule has 1 aliphatic rings. The standard InChI is InChI=1S/C16H23FN2O2/c1-3-16(15(20)21-2,13-6-4-7-14(17)12-13)19-10-5-8-18-9-11-19/h4,6-7,12,18H,3,5,8-11H2,1-2H3. The fourth-order valence-electron chi connectivity index (χ4n) is 3.14. The average Bonchev–Trinajstić information content (AvgIpc) is 2.78. The molecule has 1 unspecified atom stereocenters. The summed E-state index contributed by atoms with van der Waals surface area (Å²) in [4.78, 5) is 14.7. The average molecular weight is 294 g/mol. The van der Waals surface area contributed by atoms with Crippen molar-refractivity contribution in [3.05, 3.63) is 35.6 Å². The topological polar surface area (TPSA) is 41.6 Å². The molecule has 4 nitrogen and oxygen atoms in total. The minimum Gasteiger partial charge on any atom is -0.467 e. The molecule has 2 rings (SSSR count). The predicted molar refractivity (Wildman–Crippen MR) is 79.4 cm³/mol. The van der Waals surface area contributed by atoms with E-state index in [1.807, 2.05) is 13.0 Å². The van der Waals surface area contributed by atoms with Gasteiger partial charge in [-0.3, -0.25) is 4.90 Å². The summed E-state index contributed by atoms with van der Waals surface area (Å²) in [6.45, 7) is 5.21. The molecule has 5 heteroatoms. The number of nitrogens with one attached hydrogen (secondary N) is 1. The van der Waals surface area contributed by atoms with Crippen LogP contribution in [0.3, 0.4) is 0 Å². The summed E-state index contributed by atoms with van der Waals surface area (Å²) in [6, 6.07) is 6.29. The quantitative estimate of drug-likeness (QED) is 0.861. The second kappa shape index (κ2) is 7.00. The van der Waals surface area contributed by atoms with Crippen LogP contribution in [0, 0.1) is 5.82 Å². The van der Waals surface area contributed by atoms with Crippen molar-refractivity contribution in [3.63, 3.8) is 0 Å². The Balaban J connectivity index is 2.48. The minimum atomic E-state index is -0.914. The van der Waals surface area contributed by atoms with Gasteiger partial charge in [0.05, 0.1) is 7.11 Å². The first-order valence-electron chi connectivity index (χ1n) is 7.45. The number of benzene rings is 1. The van der Waals surface area contributed by atoms with Crippen molar-refractivity contribution in [2.24, 2.45) is 0 Å². The van der Waals surface area contributed by atoms with E-state index in [0.717, 1.165) is 32.6 Å². The van der Waals surface area contributed by atoms with Crippen molar-refractivity contribution in [3.8, 4) is 0 Å². The molecule has 0 aromatic heterocycles. The van der Waals surface area contributed by atoms with E-state index in [1.165, 1.54) is 19.2 Å². The molecule has 116 valence electrons. The van der Waals surface area contributed by atoms with Crippen molar-refractivity contribution in [2.75, 3.05) is 33.3 Å². The third kappa shape index (κ3) is 3.09. The van der Waals surface area contributed by atoms with Crippen LogP contribution in [0.4, 0.5) is 4.39 Å². The molecule has 0 amide bonds. The number of halogens is 1. The van der Waals surface area contributed by atoms with E-state index in [-0.39, 0.29) is 11.8 Å². The Hall–Kier alpha value is -1.46. The van der Waals surface area contributed by atoms with Crippen molar-refractivity contribution < 1.29 is 13.9 Å². The summed E-state index contributed by atoms with van der Waals surface area (Å²) in [5.74, 6) is -0.653. The SMILES string of the molecule is CCC(C(=O)OC)(c1cccc(F)c1)N1CCCNCC1. The first-order chi connectivity index (χ1) is 10.1. The van der Waals surface area contributed by atoms with E-state index in [4.69, 9.17) is 4.74 Å². The van der Waals surface area contributed by atoms with Gasteiger partial charge in [-0.05, 0) is 37.1 Å². The van der Waals surface area contributed by atoms with Gasteiger partial charge in [0.25, 0.3) is 0 Å². The third-order valence-corrected chi connectivity index (χ3v) is 4.22.